The molecule has 0 unspecified atom stereocenters. The maximum Gasteiger partial charge on any atom is 0.326 e. The third-order valence-corrected chi connectivity index (χ3v) is 9.15. The third-order valence-electron chi connectivity index (χ3n) is 8.51. The molecule has 5 rings (SSSR count). The zero-order chi connectivity index (χ0) is 29.3. The number of rotatable bonds is 11. The molecule has 1 spiro atoms. The molecule has 0 saturated heterocycles. The number of aliphatic carboxylic acids is 1. The van der Waals surface area contributed by atoms with Gasteiger partial charge < -0.3 is 24.5 Å². The summed E-state index contributed by atoms with van der Waals surface area (Å²) >= 11 is 1.58. The molecule has 2 aliphatic rings. The second kappa shape index (κ2) is 11.7. The Labute approximate surface area is 247 Å². The number of benzene rings is 3. The van der Waals surface area contributed by atoms with Crippen LogP contribution in [0.5, 0.6) is 11.5 Å². The second-order valence-electron chi connectivity index (χ2n) is 10.4. The zero-order valence-electron chi connectivity index (χ0n) is 24.5. The van der Waals surface area contributed by atoms with Crippen LogP contribution in [0, 0.1) is 0 Å². The second-order valence-corrected chi connectivity index (χ2v) is 11.4. The standard InChI is InChI=1S/C33H39N3O4S/c1-6-34(7-2)22-14-16-26-29(20-22)40-30-21-23(35(8-3)9-4)15-17-27(30)33(26)25-13-11-10-12-24(25)31(37)36(33)28(32(38)39)18-19-41-5/h10-17,20-21,28H,6-9,18-19H2,1-5H3,(H,38,39)/t28-/m1/s1. The molecule has 0 saturated carbocycles. The van der Waals surface area contributed by atoms with Crippen molar-refractivity contribution in [1.29, 1.82) is 0 Å². The number of carboxylic acids is 1. The van der Waals surface area contributed by atoms with Gasteiger partial charge in [-0.1, -0.05) is 30.3 Å². The van der Waals surface area contributed by atoms with Crippen LogP contribution in [-0.2, 0) is 10.3 Å². The van der Waals surface area contributed by atoms with Gasteiger partial charge in [-0.05, 0) is 69.9 Å². The van der Waals surface area contributed by atoms with Gasteiger partial charge in [0.1, 0.15) is 23.1 Å². The smallest absolute Gasteiger partial charge is 0.326 e. The summed E-state index contributed by atoms with van der Waals surface area (Å²) in [6.45, 7) is 11.8. The molecule has 41 heavy (non-hydrogen) atoms. The van der Waals surface area contributed by atoms with E-state index >= 15 is 0 Å². The average molecular weight is 574 g/mol. The quantitative estimate of drug-likeness (QED) is 0.283. The van der Waals surface area contributed by atoms with Crippen molar-refractivity contribution in [2.75, 3.05) is 48.0 Å². The highest BCUT2D eigenvalue weighted by Crippen LogP contribution is 2.59. The van der Waals surface area contributed by atoms with Crippen LogP contribution in [0.1, 0.15) is 61.2 Å². The van der Waals surface area contributed by atoms with Crippen LogP contribution in [0.25, 0.3) is 0 Å². The van der Waals surface area contributed by atoms with Gasteiger partial charge in [-0.2, -0.15) is 11.8 Å². The van der Waals surface area contributed by atoms with Crippen LogP contribution in [-0.4, -0.2) is 66.1 Å². The van der Waals surface area contributed by atoms with Crippen molar-refractivity contribution in [2.24, 2.45) is 0 Å². The molecule has 0 radical (unpaired) electrons. The molecule has 8 heteroatoms. The predicted octanol–water partition coefficient (Wildman–Crippen LogP) is 6.44. The first-order chi connectivity index (χ1) is 19.9. The number of anilines is 2. The predicted molar refractivity (Wildman–Crippen MR) is 167 cm³/mol. The summed E-state index contributed by atoms with van der Waals surface area (Å²) in [6, 6.07) is 18.8. The Morgan fingerprint density at radius 3 is 1.90 bits per heavy atom. The number of carboxylic acid groups (broad SMARTS) is 1. The molecule has 1 atom stereocenters. The average Bonchev–Trinajstić information content (AvgIpc) is 3.23. The first-order valence-electron chi connectivity index (χ1n) is 14.5. The molecule has 3 aromatic carbocycles. The Morgan fingerprint density at radius 1 is 0.878 bits per heavy atom. The maximum atomic E-state index is 14.3. The van der Waals surface area contributed by atoms with E-state index in [0.717, 1.165) is 54.2 Å². The Kier molecular flexibility index (Phi) is 8.23. The zero-order valence-corrected chi connectivity index (χ0v) is 25.3. The lowest BCUT2D eigenvalue weighted by molar-refractivity contribution is -0.143. The third kappa shape index (κ3) is 4.53. The van der Waals surface area contributed by atoms with Gasteiger partial charge in [0.25, 0.3) is 5.91 Å². The van der Waals surface area contributed by atoms with Gasteiger partial charge in [-0.3, -0.25) is 4.79 Å². The van der Waals surface area contributed by atoms with Crippen LogP contribution in [0.3, 0.4) is 0 Å². The Morgan fingerprint density at radius 2 is 1.41 bits per heavy atom. The lowest BCUT2D eigenvalue weighted by atomic mass is 9.74. The fraction of sp³-hybridized carbons (Fsp3) is 0.394. The number of amides is 1. The minimum absolute atomic E-state index is 0.270. The summed E-state index contributed by atoms with van der Waals surface area (Å²) in [5.74, 6) is 0.622. The minimum Gasteiger partial charge on any atom is -0.480 e. The van der Waals surface area contributed by atoms with E-state index in [1.807, 2.05) is 54.8 Å². The largest absolute Gasteiger partial charge is 0.480 e. The van der Waals surface area contributed by atoms with E-state index in [1.165, 1.54) is 0 Å². The molecule has 0 fully saturated rings. The van der Waals surface area contributed by atoms with Crippen LogP contribution >= 0.6 is 11.8 Å². The van der Waals surface area contributed by atoms with Gasteiger partial charge in [0.15, 0.2) is 0 Å². The highest BCUT2D eigenvalue weighted by Gasteiger charge is 2.59. The van der Waals surface area contributed by atoms with Gasteiger partial charge in [0, 0.05) is 66.4 Å². The summed E-state index contributed by atoms with van der Waals surface area (Å²) in [7, 11) is 0. The lowest BCUT2D eigenvalue weighted by Gasteiger charge is -2.46. The molecule has 2 aliphatic heterocycles. The van der Waals surface area contributed by atoms with Crippen molar-refractivity contribution >= 4 is 35.0 Å². The number of ether oxygens (including phenoxy) is 1. The Bertz CT molecular complexity index is 1390. The van der Waals surface area contributed by atoms with Crippen molar-refractivity contribution in [3.05, 3.63) is 82.9 Å². The molecule has 7 nitrogen and oxygen atoms in total. The molecule has 0 aliphatic carbocycles. The molecule has 0 aromatic heterocycles. The number of hydrogen-bond donors (Lipinski definition) is 1. The number of thioether (sulfide) groups is 1. The molecule has 3 aromatic rings. The van der Waals surface area contributed by atoms with E-state index in [-0.39, 0.29) is 5.91 Å². The minimum atomic E-state index is -1.15. The highest BCUT2D eigenvalue weighted by molar-refractivity contribution is 7.98. The molecule has 1 N–H and O–H groups in total. The summed E-state index contributed by atoms with van der Waals surface area (Å²) in [6.07, 6.45) is 2.29. The number of carbonyl (C=O) groups is 2. The van der Waals surface area contributed by atoms with E-state index in [0.29, 0.717) is 29.2 Å². The summed E-state index contributed by atoms with van der Waals surface area (Å²) in [5.41, 5.74) is 3.78. The van der Waals surface area contributed by atoms with E-state index in [4.69, 9.17) is 4.74 Å². The van der Waals surface area contributed by atoms with Gasteiger partial charge >= 0.3 is 5.97 Å². The number of fused-ring (bicyclic) bond motifs is 6. The number of carbonyl (C=O) groups excluding carboxylic acids is 1. The van der Waals surface area contributed by atoms with Crippen molar-refractivity contribution in [1.82, 2.24) is 4.90 Å². The van der Waals surface area contributed by atoms with Gasteiger partial charge in [-0.25, -0.2) is 4.79 Å². The van der Waals surface area contributed by atoms with E-state index in [2.05, 4.69) is 49.6 Å². The van der Waals surface area contributed by atoms with Gasteiger partial charge in [-0.15, -0.1) is 0 Å². The molecular formula is C33H39N3O4S. The number of nitrogens with zero attached hydrogens (tertiary/aromatic N) is 3. The fourth-order valence-corrected chi connectivity index (χ4v) is 7.00. The summed E-state index contributed by atoms with van der Waals surface area (Å²) in [5, 5.41) is 10.6. The monoisotopic (exact) mass is 573 g/mol. The van der Waals surface area contributed by atoms with Crippen molar-refractivity contribution in [3.8, 4) is 11.5 Å². The van der Waals surface area contributed by atoms with Gasteiger partial charge in [0.05, 0.1) is 0 Å². The van der Waals surface area contributed by atoms with E-state index in [1.54, 1.807) is 16.7 Å². The van der Waals surface area contributed by atoms with Crippen LogP contribution in [0.2, 0.25) is 0 Å². The van der Waals surface area contributed by atoms with E-state index < -0.39 is 17.6 Å². The molecule has 0 bridgehead atoms. The normalized spacial score (nSPS) is 15.1. The van der Waals surface area contributed by atoms with Crippen molar-refractivity contribution in [2.45, 2.75) is 45.7 Å². The first-order valence-corrected chi connectivity index (χ1v) is 15.9. The Hall–Kier alpha value is -3.65. The number of hydrogen-bond acceptors (Lipinski definition) is 6. The van der Waals surface area contributed by atoms with Gasteiger partial charge in [0.2, 0.25) is 0 Å². The molecule has 1 amide bonds. The maximum absolute atomic E-state index is 14.3. The first kappa shape index (κ1) is 28.9. The van der Waals surface area contributed by atoms with Crippen LogP contribution < -0.4 is 14.5 Å². The van der Waals surface area contributed by atoms with Crippen LogP contribution in [0.4, 0.5) is 11.4 Å². The fourth-order valence-electron chi connectivity index (χ4n) is 6.54. The SMILES string of the molecule is CCN(CC)c1ccc2c(c1)Oc1cc(N(CC)CC)ccc1C21c2ccccc2C(=O)N1[C@H](CCSC)C(=O)O. The summed E-state index contributed by atoms with van der Waals surface area (Å²) < 4.78 is 6.70. The lowest BCUT2D eigenvalue weighted by Crippen LogP contribution is -2.55. The molecular weight excluding hydrogens is 534 g/mol. The molecule has 2 heterocycles. The van der Waals surface area contributed by atoms with E-state index in [9.17, 15) is 14.7 Å². The van der Waals surface area contributed by atoms with Crippen molar-refractivity contribution in [3.63, 3.8) is 0 Å². The topological polar surface area (TPSA) is 73.3 Å². The molecule has 216 valence electrons. The summed E-state index contributed by atoms with van der Waals surface area (Å²) in [4.78, 5) is 33.4. The van der Waals surface area contributed by atoms with Crippen molar-refractivity contribution < 1.29 is 19.4 Å². The highest BCUT2D eigenvalue weighted by atomic mass is 32.2. The Balaban J connectivity index is 1.86. The van der Waals surface area contributed by atoms with Crippen LogP contribution in [0.15, 0.2) is 60.7 Å².